The SMILES string of the molecule is COc1ccc(Cc2nc(C(=O)Nc3cc(-c4cc(OCCCC(C)(C)O)ccc4C)ccn3)n[nH]2)cc1. The van der Waals surface area contributed by atoms with Gasteiger partial charge in [0, 0.05) is 12.6 Å². The third-order valence-corrected chi connectivity index (χ3v) is 5.99. The Hall–Kier alpha value is -4.24. The average Bonchev–Trinajstić information content (AvgIpc) is 3.36. The summed E-state index contributed by atoms with van der Waals surface area (Å²) in [6, 6.07) is 17.2. The molecule has 3 N–H and O–H groups in total. The zero-order valence-corrected chi connectivity index (χ0v) is 22.1. The Labute approximate surface area is 222 Å². The fraction of sp³-hybridized carbons (Fsp3) is 0.310. The molecule has 0 bridgehead atoms. The van der Waals surface area contributed by atoms with E-state index in [1.54, 1.807) is 27.2 Å². The molecule has 9 nitrogen and oxygen atoms in total. The van der Waals surface area contributed by atoms with Gasteiger partial charge in [-0.25, -0.2) is 9.97 Å². The molecule has 0 saturated heterocycles. The van der Waals surface area contributed by atoms with E-state index in [2.05, 4.69) is 25.5 Å². The predicted molar refractivity (Wildman–Crippen MR) is 146 cm³/mol. The van der Waals surface area contributed by atoms with Gasteiger partial charge in [-0.3, -0.25) is 9.89 Å². The van der Waals surface area contributed by atoms with E-state index in [9.17, 15) is 9.90 Å². The Morgan fingerprint density at radius 3 is 2.58 bits per heavy atom. The first kappa shape index (κ1) is 26.8. The van der Waals surface area contributed by atoms with Crippen molar-refractivity contribution >= 4 is 11.7 Å². The van der Waals surface area contributed by atoms with E-state index < -0.39 is 11.5 Å². The number of benzene rings is 2. The highest BCUT2D eigenvalue weighted by molar-refractivity contribution is 6.01. The van der Waals surface area contributed by atoms with E-state index in [1.807, 2.05) is 61.5 Å². The molecular formula is C29H33N5O4. The summed E-state index contributed by atoms with van der Waals surface area (Å²) in [5.74, 6) is 2.08. The summed E-state index contributed by atoms with van der Waals surface area (Å²) in [4.78, 5) is 21.4. The number of aliphatic hydroxyl groups is 1. The van der Waals surface area contributed by atoms with Crippen molar-refractivity contribution in [2.45, 2.75) is 45.6 Å². The molecule has 38 heavy (non-hydrogen) atoms. The number of aryl methyl sites for hydroxylation is 1. The van der Waals surface area contributed by atoms with Gasteiger partial charge in [-0.1, -0.05) is 18.2 Å². The smallest absolute Gasteiger partial charge is 0.296 e. The number of rotatable bonds is 11. The van der Waals surface area contributed by atoms with Gasteiger partial charge in [-0.2, -0.15) is 0 Å². The van der Waals surface area contributed by atoms with Crippen LogP contribution in [-0.4, -0.2) is 50.5 Å². The number of anilines is 1. The number of nitrogens with zero attached hydrogens (tertiary/aromatic N) is 3. The number of aromatic amines is 1. The fourth-order valence-electron chi connectivity index (χ4n) is 3.95. The molecule has 0 spiro atoms. The van der Waals surface area contributed by atoms with E-state index in [0.29, 0.717) is 31.1 Å². The van der Waals surface area contributed by atoms with Crippen molar-refractivity contribution in [3.05, 3.63) is 83.6 Å². The Morgan fingerprint density at radius 2 is 1.84 bits per heavy atom. The van der Waals surface area contributed by atoms with E-state index in [0.717, 1.165) is 40.2 Å². The molecule has 1 amide bonds. The summed E-state index contributed by atoms with van der Waals surface area (Å²) >= 11 is 0. The molecule has 0 atom stereocenters. The molecule has 0 radical (unpaired) electrons. The second kappa shape index (κ2) is 11.9. The van der Waals surface area contributed by atoms with Crippen LogP contribution in [0.25, 0.3) is 11.1 Å². The number of carbonyl (C=O) groups excluding carboxylic acids is 1. The second-order valence-electron chi connectivity index (χ2n) is 9.76. The topological polar surface area (TPSA) is 122 Å². The van der Waals surface area contributed by atoms with Crippen LogP contribution in [0.5, 0.6) is 11.5 Å². The monoisotopic (exact) mass is 515 g/mol. The molecule has 2 aromatic heterocycles. The quantitative estimate of drug-likeness (QED) is 0.241. The van der Waals surface area contributed by atoms with Gasteiger partial charge in [0.05, 0.1) is 19.3 Å². The fourth-order valence-corrected chi connectivity index (χ4v) is 3.95. The molecule has 2 aromatic carbocycles. The van der Waals surface area contributed by atoms with Gasteiger partial charge in [0.15, 0.2) is 0 Å². The number of methoxy groups -OCH3 is 1. The van der Waals surface area contributed by atoms with Crippen molar-refractivity contribution in [3.63, 3.8) is 0 Å². The van der Waals surface area contributed by atoms with E-state index in [4.69, 9.17) is 9.47 Å². The zero-order valence-electron chi connectivity index (χ0n) is 22.1. The molecular weight excluding hydrogens is 482 g/mol. The van der Waals surface area contributed by atoms with Crippen LogP contribution in [0.2, 0.25) is 0 Å². The summed E-state index contributed by atoms with van der Waals surface area (Å²) in [6.45, 7) is 6.12. The number of aromatic nitrogens is 4. The van der Waals surface area contributed by atoms with Gasteiger partial charge in [0.25, 0.3) is 5.91 Å². The van der Waals surface area contributed by atoms with E-state index in [1.165, 1.54) is 0 Å². The van der Waals surface area contributed by atoms with E-state index >= 15 is 0 Å². The van der Waals surface area contributed by atoms with Gasteiger partial charge in [0.1, 0.15) is 23.1 Å². The van der Waals surface area contributed by atoms with Crippen molar-refractivity contribution in [1.29, 1.82) is 0 Å². The molecule has 4 aromatic rings. The molecule has 0 fully saturated rings. The van der Waals surface area contributed by atoms with Crippen LogP contribution in [0, 0.1) is 6.92 Å². The Bertz CT molecular complexity index is 1380. The van der Waals surface area contributed by atoms with Crippen LogP contribution in [0.3, 0.4) is 0 Å². The number of hydrogen-bond acceptors (Lipinski definition) is 7. The van der Waals surface area contributed by atoms with Crippen LogP contribution < -0.4 is 14.8 Å². The van der Waals surface area contributed by atoms with Crippen molar-refractivity contribution in [3.8, 4) is 22.6 Å². The van der Waals surface area contributed by atoms with Gasteiger partial charge >= 0.3 is 0 Å². The summed E-state index contributed by atoms with van der Waals surface area (Å²) in [6.07, 6.45) is 3.57. The molecule has 0 aliphatic carbocycles. The summed E-state index contributed by atoms with van der Waals surface area (Å²) < 4.78 is 11.1. The highest BCUT2D eigenvalue weighted by Crippen LogP contribution is 2.29. The van der Waals surface area contributed by atoms with Crippen LogP contribution in [0.1, 0.15) is 54.3 Å². The minimum absolute atomic E-state index is 0.0401. The number of amides is 1. The first-order chi connectivity index (χ1) is 18.2. The molecule has 9 heteroatoms. The molecule has 0 saturated carbocycles. The lowest BCUT2D eigenvalue weighted by Crippen LogP contribution is -2.19. The second-order valence-corrected chi connectivity index (χ2v) is 9.76. The summed E-state index contributed by atoms with van der Waals surface area (Å²) in [5.41, 5.74) is 3.24. The number of nitrogens with one attached hydrogen (secondary N) is 2. The van der Waals surface area contributed by atoms with Crippen LogP contribution in [-0.2, 0) is 6.42 Å². The standard InChI is InChI=1S/C29H33N5O4/c1-19-6-9-23(38-15-5-13-29(2,3)36)18-24(19)21-12-14-30-25(17-21)32-28(35)27-31-26(33-34-27)16-20-7-10-22(37-4)11-8-20/h6-12,14,17-18,36H,5,13,15-16H2,1-4H3,(H,30,32,35)(H,31,33,34). The molecule has 198 valence electrons. The Kier molecular flexibility index (Phi) is 8.38. The lowest BCUT2D eigenvalue weighted by Gasteiger charge is -2.17. The van der Waals surface area contributed by atoms with Gasteiger partial charge in [-0.15, -0.1) is 5.10 Å². The van der Waals surface area contributed by atoms with Crippen molar-refractivity contribution in [2.75, 3.05) is 19.0 Å². The maximum Gasteiger partial charge on any atom is 0.296 e. The maximum atomic E-state index is 12.8. The highest BCUT2D eigenvalue weighted by Gasteiger charge is 2.15. The van der Waals surface area contributed by atoms with Crippen molar-refractivity contribution in [2.24, 2.45) is 0 Å². The highest BCUT2D eigenvalue weighted by atomic mass is 16.5. The molecule has 2 heterocycles. The number of carbonyl (C=O) groups is 1. The number of pyridine rings is 1. The zero-order chi connectivity index (χ0) is 27.1. The lowest BCUT2D eigenvalue weighted by molar-refractivity contribution is 0.0641. The lowest BCUT2D eigenvalue weighted by atomic mass is 10.0. The van der Waals surface area contributed by atoms with Crippen molar-refractivity contribution < 1.29 is 19.4 Å². The maximum absolute atomic E-state index is 12.8. The largest absolute Gasteiger partial charge is 0.497 e. The van der Waals surface area contributed by atoms with Crippen molar-refractivity contribution in [1.82, 2.24) is 20.2 Å². The van der Waals surface area contributed by atoms with E-state index in [-0.39, 0.29) is 5.82 Å². The van der Waals surface area contributed by atoms with Gasteiger partial charge in [-0.05, 0) is 92.3 Å². The average molecular weight is 516 g/mol. The summed E-state index contributed by atoms with van der Waals surface area (Å²) in [5, 5.41) is 19.6. The Morgan fingerprint density at radius 1 is 1.08 bits per heavy atom. The normalized spacial score (nSPS) is 11.3. The molecule has 0 aliphatic heterocycles. The third-order valence-electron chi connectivity index (χ3n) is 5.99. The minimum atomic E-state index is -0.705. The van der Waals surface area contributed by atoms with Crippen LogP contribution in [0.4, 0.5) is 5.82 Å². The number of H-pyrrole nitrogens is 1. The number of hydrogen-bond donors (Lipinski definition) is 3. The minimum Gasteiger partial charge on any atom is -0.497 e. The molecule has 0 aliphatic rings. The van der Waals surface area contributed by atoms with Gasteiger partial charge < -0.3 is 19.9 Å². The third kappa shape index (κ3) is 7.39. The first-order valence-corrected chi connectivity index (χ1v) is 12.5. The Balaban J connectivity index is 1.40. The summed E-state index contributed by atoms with van der Waals surface area (Å²) in [7, 11) is 1.62. The molecule has 4 rings (SSSR count). The first-order valence-electron chi connectivity index (χ1n) is 12.5. The van der Waals surface area contributed by atoms with Crippen LogP contribution >= 0.6 is 0 Å². The predicted octanol–water partition coefficient (Wildman–Crippen LogP) is 4.96. The van der Waals surface area contributed by atoms with Gasteiger partial charge in [0.2, 0.25) is 5.82 Å². The molecule has 0 unspecified atom stereocenters. The van der Waals surface area contributed by atoms with Crippen LogP contribution in [0.15, 0.2) is 60.8 Å². The number of ether oxygens (including phenoxy) is 2.